The van der Waals surface area contributed by atoms with Gasteiger partial charge in [0.05, 0.1) is 8.66 Å². The van der Waals surface area contributed by atoms with Crippen LogP contribution in [0, 0.1) is 6.92 Å². The highest BCUT2D eigenvalue weighted by molar-refractivity contribution is 9.11. The van der Waals surface area contributed by atoms with Crippen LogP contribution in [-0.2, 0) is 0 Å². The summed E-state index contributed by atoms with van der Waals surface area (Å²) in [7, 11) is 4.19. The first kappa shape index (κ1) is 15.9. The largest absolute Gasteiger partial charge is 0.335 e. The van der Waals surface area contributed by atoms with E-state index < -0.39 is 0 Å². The van der Waals surface area contributed by atoms with Crippen molar-refractivity contribution in [3.8, 4) is 0 Å². The molecular formula is C14H22BrN3OS. The second-order valence-corrected chi connectivity index (χ2v) is 7.87. The van der Waals surface area contributed by atoms with Crippen molar-refractivity contribution in [1.29, 1.82) is 0 Å². The molecule has 0 N–H and O–H groups in total. The number of likely N-dealkylation sites (N-methyl/N-ethyl adjacent to an activating group) is 1. The maximum absolute atomic E-state index is 12.4. The number of piperazine rings is 1. The van der Waals surface area contributed by atoms with Crippen molar-refractivity contribution in [2.45, 2.75) is 6.92 Å². The number of hydrogen-bond donors (Lipinski definition) is 0. The van der Waals surface area contributed by atoms with Crippen LogP contribution in [0.4, 0.5) is 0 Å². The SMILES string of the molecule is Cc1cc(C(=O)N2CCN(CCN(C)C)CC2)sc1Br. The molecule has 1 fully saturated rings. The van der Waals surface area contributed by atoms with Gasteiger partial charge in [-0.15, -0.1) is 11.3 Å². The van der Waals surface area contributed by atoms with Crippen LogP contribution in [0.5, 0.6) is 0 Å². The molecule has 0 unspecified atom stereocenters. The Bertz CT molecular complexity index is 447. The molecule has 2 rings (SSSR count). The zero-order chi connectivity index (χ0) is 14.7. The average molecular weight is 360 g/mol. The molecule has 1 aliphatic rings. The fourth-order valence-corrected chi connectivity index (χ4v) is 3.74. The van der Waals surface area contributed by atoms with Crippen molar-refractivity contribution in [3.63, 3.8) is 0 Å². The minimum absolute atomic E-state index is 0.177. The van der Waals surface area contributed by atoms with Gasteiger partial charge in [-0.05, 0) is 48.6 Å². The number of rotatable bonds is 4. The van der Waals surface area contributed by atoms with E-state index in [2.05, 4.69) is 39.8 Å². The fraction of sp³-hybridized carbons (Fsp3) is 0.643. The van der Waals surface area contributed by atoms with Crippen LogP contribution in [0.1, 0.15) is 15.2 Å². The maximum atomic E-state index is 12.4. The van der Waals surface area contributed by atoms with Crippen LogP contribution in [0.3, 0.4) is 0 Å². The molecular weight excluding hydrogens is 338 g/mol. The van der Waals surface area contributed by atoms with Crippen LogP contribution < -0.4 is 0 Å². The molecule has 1 aliphatic heterocycles. The van der Waals surface area contributed by atoms with Gasteiger partial charge in [0.25, 0.3) is 5.91 Å². The summed E-state index contributed by atoms with van der Waals surface area (Å²) in [6.07, 6.45) is 0. The molecule has 1 aromatic heterocycles. The van der Waals surface area contributed by atoms with Crippen molar-refractivity contribution < 1.29 is 4.79 Å². The predicted octanol–water partition coefficient (Wildman–Crippen LogP) is 2.14. The smallest absolute Gasteiger partial charge is 0.264 e. The van der Waals surface area contributed by atoms with Crippen molar-refractivity contribution >= 4 is 33.2 Å². The Kier molecular flexibility index (Phi) is 5.60. The van der Waals surface area contributed by atoms with E-state index in [9.17, 15) is 4.79 Å². The molecule has 112 valence electrons. The topological polar surface area (TPSA) is 26.8 Å². The van der Waals surface area contributed by atoms with E-state index in [0.717, 1.165) is 53.5 Å². The number of aryl methyl sites for hydroxylation is 1. The molecule has 0 spiro atoms. The van der Waals surface area contributed by atoms with Crippen molar-refractivity contribution in [2.24, 2.45) is 0 Å². The molecule has 0 saturated carbocycles. The first-order valence-electron chi connectivity index (χ1n) is 6.89. The number of hydrogen-bond acceptors (Lipinski definition) is 4. The summed E-state index contributed by atoms with van der Waals surface area (Å²) in [4.78, 5) is 19.9. The van der Waals surface area contributed by atoms with Gasteiger partial charge in [-0.2, -0.15) is 0 Å². The molecule has 1 amide bonds. The number of thiophene rings is 1. The molecule has 0 radical (unpaired) electrons. The second-order valence-electron chi connectivity index (χ2n) is 5.50. The molecule has 6 heteroatoms. The van der Waals surface area contributed by atoms with Gasteiger partial charge in [-0.1, -0.05) is 0 Å². The highest BCUT2D eigenvalue weighted by atomic mass is 79.9. The lowest BCUT2D eigenvalue weighted by atomic mass is 10.2. The predicted molar refractivity (Wildman–Crippen MR) is 87.7 cm³/mol. The number of carbonyl (C=O) groups is 1. The molecule has 1 saturated heterocycles. The van der Waals surface area contributed by atoms with E-state index in [1.165, 1.54) is 11.3 Å². The quantitative estimate of drug-likeness (QED) is 0.823. The molecule has 0 bridgehead atoms. The fourth-order valence-electron chi connectivity index (χ4n) is 2.24. The lowest BCUT2D eigenvalue weighted by Gasteiger charge is -2.35. The number of amides is 1. The normalized spacial score (nSPS) is 16.9. The van der Waals surface area contributed by atoms with Crippen LogP contribution in [0.15, 0.2) is 9.85 Å². The number of carbonyl (C=O) groups excluding carboxylic acids is 1. The average Bonchev–Trinajstić information content (AvgIpc) is 2.76. The van der Waals surface area contributed by atoms with E-state index >= 15 is 0 Å². The highest BCUT2D eigenvalue weighted by Gasteiger charge is 2.23. The van der Waals surface area contributed by atoms with E-state index in [1.54, 1.807) is 0 Å². The third-order valence-electron chi connectivity index (χ3n) is 3.59. The van der Waals surface area contributed by atoms with E-state index in [-0.39, 0.29) is 5.91 Å². The maximum Gasteiger partial charge on any atom is 0.264 e. The summed E-state index contributed by atoms with van der Waals surface area (Å²) in [5, 5.41) is 0. The molecule has 0 atom stereocenters. The van der Waals surface area contributed by atoms with Gasteiger partial charge in [0.15, 0.2) is 0 Å². The van der Waals surface area contributed by atoms with Crippen molar-refractivity contribution in [3.05, 3.63) is 20.3 Å². The molecule has 0 aliphatic carbocycles. The Morgan fingerprint density at radius 2 is 2.00 bits per heavy atom. The highest BCUT2D eigenvalue weighted by Crippen LogP contribution is 2.28. The van der Waals surface area contributed by atoms with Crippen molar-refractivity contribution in [2.75, 3.05) is 53.4 Å². The third kappa shape index (κ3) is 4.04. The lowest BCUT2D eigenvalue weighted by Crippen LogP contribution is -2.49. The second kappa shape index (κ2) is 7.02. The Morgan fingerprint density at radius 1 is 1.35 bits per heavy atom. The van der Waals surface area contributed by atoms with Gasteiger partial charge >= 0.3 is 0 Å². The summed E-state index contributed by atoms with van der Waals surface area (Å²) < 4.78 is 1.06. The first-order chi connectivity index (χ1) is 9.47. The summed E-state index contributed by atoms with van der Waals surface area (Å²) in [6.45, 7) is 7.80. The summed E-state index contributed by atoms with van der Waals surface area (Å²) in [5.74, 6) is 0.177. The van der Waals surface area contributed by atoms with Crippen LogP contribution in [0.25, 0.3) is 0 Å². The zero-order valence-corrected chi connectivity index (χ0v) is 14.8. The Labute approximate surface area is 133 Å². The molecule has 4 nitrogen and oxygen atoms in total. The van der Waals surface area contributed by atoms with E-state index in [1.807, 2.05) is 17.9 Å². The summed E-state index contributed by atoms with van der Waals surface area (Å²) in [5.41, 5.74) is 1.14. The van der Waals surface area contributed by atoms with Crippen LogP contribution in [-0.4, -0.2) is 74.0 Å². The van der Waals surface area contributed by atoms with Gasteiger partial charge in [-0.25, -0.2) is 0 Å². The molecule has 20 heavy (non-hydrogen) atoms. The molecule has 0 aromatic carbocycles. The summed E-state index contributed by atoms with van der Waals surface area (Å²) >= 11 is 5.02. The van der Waals surface area contributed by atoms with Crippen LogP contribution in [0.2, 0.25) is 0 Å². The number of halogens is 1. The standard InChI is InChI=1S/C14H22BrN3OS/c1-11-10-12(20-13(11)15)14(19)18-8-6-17(7-9-18)5-4-16(2)3/h10H,4-9H2,1-3H3. The van der Waals surface area contributed by atoms with Gasteiger partial charge in [-0.3, -0.25) is 9.69 Å². The Hall–Kier alpha value is -0.430. The third-order valence-corrected chi connectivity index (χ3v) is 5.72. The minimum Gasteiger partial charge on any atom is -0.335 e. The Morgan fingerprint density at radius 3 is 2.50 bits per heavy atom. The lowest BCUT2D eigenvalue weighted by molar-refractivity contribution is 0.0634. The van der Waals surface area contributed by atoms with E-state index in [0.29, 0.717) is 0 Å². The van der Waals surface area contributed by atoms with Gasteiger partial charge in [0.1, 0.15) is 0 Å². The monoisotopic (exact) mass is 359 g/mol. The Balaban J connectivity index is 1.85. The summed E-state index contributed by atoms with van der Waals surface area (Å²) in [6, 6.07) is 1.98. The van der Waals surface area contributed by atoms with Gasteiger partial charge < -0.3 is 9.80 Å². The van der Waals surface area contributed by atoms with Crippen molar-refractivity contribution in [1.82, 2.24) is 14.7 Å². The van der Waals surface area contributed by atoms with E-state index in [4.69, 9.17) is 0 Å². The number of nitrogens with zero attached hydrogens (tertiary/aromatic N) is 3. The minimum atomic E-state index is 0.177. The first-order valence-corrected chi connectivity index (χ1v) is 8.50. The molecule has 2 heterocycles. The van der Waals surface area contributed by atoms with Crippen LogP contribution >= 0.6 is 27.3 Å². The van der Waals surface area contributed by atoms with Gasteiger partial charge in [0.2, 0.25) is 0 Å². The van der Waals surface area contributed by atoms with Gasteiger partial charge in [0, 0.05) is 39.3 Å². The zero-order valence-electron chi connectivity index (χ0n) is 12.4. The molecule has 1 aromatic rings.